The van der Waals surface area contributed by atoms with Crippen molar-refractivity contribution in [2.75, 3.05) is 5.32 Å². The molecular formula is C22H27N3O3S2. The van der Waals surface area contributed by atoms with E-state index < -0.39 is 16.1 Å². The van der Waals surface area contributed by atoms with Gasteiger partial charge in [-0.1, -0.05) is 26.0 Å². The van der Waals surface area contributed by atoms with E-state index in [1.807, 2.05) is 52.8 Å². The zero-order chi connectivity index (χ0) is 22.1. The minimum Gasteiger partial charge on any atom is -0.324 e. The Hall–Kier alpha value is -2.29. The number of benzene rings is 2. The van der Waals surface area contributed by atoms with Crippen LogP contribution in [0.1, 0.15) is 36.4 Å². The van der Waals surface area contributed by atoms with E-state index in [2.05, 4.69) is 15.0 Å². The molecule has 0 aliphatic rings. The topological polar surface area (TPSA) is 88.2 Å². The first-order chi connectivity index (χ1) is 14.0. The third kappa shape index (κ3) is 5.24. The summed E-state index contributed by atoms with van der Waals surface area (Å²) >= 11 is 1.44. The lowest BCUT2D eigenvalue weighted by Crippen LogP contribution is -2.44. The minimum atomic E-state index is -3.87. The minimum absolute atomic E-state index is 0.131. The number of fused-ring (bicyclic) bond motifs is 1. The Bertz CT molecular complexity index is 1180. The number of thiazole rings is 1. The van der Waals surface area contributed by atoms with Crippen LogP contribution in [0.3, 0.4) is 0 Å². The number of aryl methyl sites for hydroxylation is 3. The van der Waals surface area contributed by atoms with Crippen LogP contribution < -0.4 is 10.0 Å². The van der Waals surface area contributed by atoms with E-state index in [0.29, 0.717) is 12.1 Å². The van der Waals surface area contributed by atoms with Gasteiger partial charge in [-0.3, -0.25) is 4.79 Å². The average Bonchev–Trinajstić information content (AvgIpc) is 3.02. The van der Waals surface area contributed by atoms with Crippen LogP contribution in [-0.2, 0) is 14.8 Å². The number of hydrogen-bond donors (Lipinski definition) is 2. The number of anilines is 1. The highest BCUT2D eigenvalue weighted by atomic mass is 32.2. The quantitative estimate of drug-likeness (QED) is 0.558. The number of amides is 1. The van der Waals surface area contributed by atoms with E-state index in [0.717, 1.165) is 26.4 Å². The van der Waals surface area contributed by atoms with E-state index in [1.165, 1.54) is 17.4 Å². The van der Waals surface area contributed by atoms with Crippen molar-refractivity contribution in [1.82, 2.24) is 9.71 Å². The fourth-order valence-corrected chi connectivity index (χ4v) is 5.39. The van der Waals surface area contributed by atoms with Crippen LogP contribution in [-0.4, -0.2) is 25.4 Å². The molecule has 0 bridgehead atoms. The second kappa shape index (κ2) is 8.83. The number of aromatic nitrogens is 1. The second-order valence-electron chi connectivity index (χ2n) is 7.97. The summed E-state index contributed by atoms with van der Waals surface area (Å²) in [5.41, 5.74) is 3.40. The molecule has 30 heavy (non-hydrogen) atoms. The van der Waals surface area contributed by atoms with Gasteiger partial charge in [0, 0.05) is 5.69 Å². The highest BCUT2D eigenvalue weighted by molar-refractivity contribution is 7.89. The summed E-state index contributed by atoms with van der Waals surface area (Å²) < 4.78 is 29.5. The van der Waals surface area contributed by atoms with Crippen LogP contribution in [0.2, 0.25) is 0 Å². The summed E-state index contributed by atoms with van der Waals surface area (Å²) in [6.07, 6.45) is 0.387. The number of carbonyl (C=O) groups excluding carboxylic acids is 1. The Morgan fingerprint density at radius 3 is 2.53 bits per heavy atom. The van der Waals surface area contributed by atoms with Crippen molar-refractivity contribution in [2.45, 2.75) is 52.0 Å². The Balaban J connectivity index is 1.86. The number of nitrogens with one attached hydrogen (secondary N) is 2. The van der Waals surface area contributed by atoms with Crippen molar-refractivity contribution in [3.8, 4) is 0 Å². The molecule has 0 aliphatic heterocycles. The smallest absolute Gasteiger partial charge is 0.242 e. The summed E-state index contributed by atoms with van der Waals surface area (Å²) in [6.45, 7) is 9.65. The molecule has 2 aromatic carbocycles. The van der Waals surface area contributed by atoms with Crippen LogP contribution in [0.4, 0.5) is 5.69 Å². The summed E-state index contributed by atoms with van der Waals surface area (Å²) in [5.74, 6) is -0.232. The molecule has 1 aromatic heterocycles. The number of carbonyl (C=O) groups is 1. The predicted octanol–water partition coefficient (Wildman–Crippen LogP) is 4.55. The van der Waals surface area contributed by atoms with E-state index in [-0.39, 0.29) is 16.7 Å². The van der Waals surface area contributed by atoms with Gasteiger partial charge in [0.25, 0.3) is 0 Å². The van der Waals surface area contributed by atoms with Gasteiger partial charge in [0.15, 0.2) is 0 Å². The first-order valence-electron chi connectivity index (χ1n) is 9.83. The zero-order valence-electron chi connectivity index (χ0n) is 17.8. The molecule has 1 heterocycles. The zero-order valence-corrected chi connectivity index (χ0v) is 19.4. The van der Waals surface area contributed by atoms with Gasteiger partial charge >= 0.3 is 0 Å². The maximum absolute atomic E-state index is 13.0. The highest BCUT2D eigenvalue weighted by Crippen LogP contribution is 2.25. The summed E-state index contributed by atoms with van der Waals surface area (Å²) in [7, 11) is -3.87. The van der Waals surface area contributed by atoms with Crippen molar-refractivity contribution in [2.24, 2.45) is 5.92 Å². The maximum Gasteiger partial charge on any atom is 0.242 e. The fraction of sp³-hybridized carbons (Fsp3) is 0.364. The molecular weight excluding hydrogens is 418 g/mol. The number of rotatable bonds is 7. The van der Waals surface area contributed by atoms with E-state index in [9.17, 15) is 13.2 Å². The standard InChI is InChI=1S/C22H27N3O3S2/c1-13(2)10-20(22(26)24-19-11-14(3)6-7-15(19)4)25-30(27,28)17-8-9-18-21(12-17)29-16(5)23-18/h6-9,11-13,20,25H,10H2,1-5H3,(H,24,26)/t20-/m1/s1. The highest BCUT2D eigenvalue weighted by Gasteiger charge is 2.27. The van der Waals surface area contributed by atoms with Gasteiger partial charge in [0.05, 0.1) is 20.1 Å². The summed E-state index contributed by atoms with van der Waals surface area (Å²) in [6, 6.07) is 9.73. The van der Waals surface area contributed by atoms with Crippen molar-refractivity contribution in [3.05, 3.63) is 52.5 Å². The largest absolute Gasteiger partial charge is 0.324 e. The Morgan fingerprint density at radius 2 is 1.83 bits per heavy atom. The van der Waals surface area contributed by atoms with Crippen molar-refractivity contribution >= 4 is 43.2 Å². The van der Waals surface area contributed by atoms with Gasteiger partial charge in [-0.15, -0.1) is 11.3 Å². The van der Waals surface area contributed by atoms with Crippen LogP contribution in [0.5, 0.6) is 0 Å². The maximum atomic E-state index is 13.0. The summed E-state index contributed by atoms with van der Waals surface area (Å²) in [4.78, 5) is 17.5. The lowest BCUT2D eigenvalue weighted by molar-refractivity contribution is -0.118. The van der Waals surface area contributed by atoms with Crippen LogP contribution >= 0.6 is 11.3 Å². The molecule has 160 valence electrons. The molecule has 0 radical (unpaired) electrons. The lowest BCUT2D eigenvalue weighted by atomic mass is 10.0. The van der Waals surface area contributed by atoms with Crippen molar-refractivity contribution in [1.29, 1.82) is 0 Å². The normalized spacial score (nSPS) is 13.0. The van der Waals surface area contributed by atoms with Crippen molar-refractivity contribution in [3.63, 3.8) is 0 Å². The molecule has 3 rings (SSSR count). The molecule has 0 spiro atoms. The molecule has 1 amide bonds. The first kappa shape index (κ1) is 22.4. The fourth-order valence-electron chi connectivity index (χ4n) is 3.21. The molecule has 6 nitrogen and oxygen atoms in total. The van der Waals surface area contributed by atoms with E-state index in [1.54, 1.807) is 12.1 Å². The molecule has 0 saturated heterocycles. The number of nitrogens with zero attached hydrogens (tertiary/aromatic N) is 1. The number of sulfonamides is 1. The van der Waals surface area contributed by atoms with Gasteiger partial charge in [0.1, 0.15) is 6.04 Å². The Labute approximate surface area is 181 Å². The molecule has 2 N–H and O–H groups in total. The Morgan fingerprint density at radius 1 is 1.10 bits per heavy atom. The van der Waals surface area contributed by atoms with Crippen LogP contribution in [0.25, 0.3) is 10.2 Å². The van der Waals surface area contributed by atoms with Crippen LogP contribution in [0, 0.1) is 26.7 Å². The second-order valence-corrected chi connectivity index (χ2v) is 10.9. The van der Waals surface area contributed by atoms with Crippen LogP contribution in [0.15, 0.2) is 41.3 Å². The molecule has 0 unspecified atom stereocenters. The monoisotopic (exact) mass is 445 g/mol. The lowest BCUT2D eigenvalue weighted by Gasteiger charge is -2.21. The molecule has 3 aromatic rings. The van der Waals surface area contributed by atoms with E-state index >= 15 is 0 Å². The van der Waals surface area contributed by atoms with Gasteiger partial charge in [-0.2, -0.15) is 4.72 Å². The molecule has 0 saturated carbocycles. The molecule has 1 atom stereocenters. The average molecular weight is 446 g/mol. The van der Waals surface area contributed by atoms with Crippen molar-refractivity contribution < 1.29 is 13.2 Å². The van der Waals surface area contributed by atoms with Gasteiger partial charge in [-0.05, 0) is 68.5 Å². The third-order valence-electron chi connectivity index (χ3n) is 4.75. The first-order valence-corrected chi connectivity index (χ1v) is 12.1. The van der Waals surface area contributed by atoms with Gasteiger partial charge in [0.2, 0.25) is 15.9 Å². The van der Waals surface area contributed by atoms with E-state index in [4.69, 9.17) is 0 Å². The summed E-state index contributed by atoms with van der Waals surface area (Å²) in [5, 5.41) is 3.76. The molecule has 8 heteroatoms. The Kier molecular flexibility index (Phi) is 6.59. The van der Waals surface area contributed by atoms with Gasteiger partial charge in [-0.25, -0.2) is 13.4 Å². The molecule has 0 fully saturated rings. The number of hydrogen-bond acceptors (Lipinski definition) is 5. The SMILES string of the molecule is Cc1ccc(C)c(NC(=O)[C@@H](CC(C)C)NS(=O)(=O)c2ccc3nc(C)sc3c2)c1. The molecule has 0 aliphatic carbocycles. The predicted molar refractivity (Wildman–Crippen MR) is 122 cm³/mol. The third-order valence-corrected chi connectivity index (χ3v) is 7.15. The van der Waals surface area contributed by atoms with Gasteiger partial charge < -0.3 is 5.32 Å².